The third-order valence-corrected chi connectivity index (χ3v) is 5.50. The molecule has 0 spiro atoms. The van der Waals surface area contributed by atoms with Crippen LogP contribution in [0.4, 0.5) is 0 Å². The van der Waals surface area contributed by atoms with Crippen molar-refractivity contribution in [2.24, 2.45) is 0 Å². The molecule has 0 saturated heterocycles. The summed E-state index contributed by atoms with van der Waals surface area (Å²) in [6.45, 7) is 3.21. The summed E-state index contributed by atoms with van der Waals surface area (Å²) in [5.74, 6) is -3.31. The summed E-state index contributed by atoms with van der Waals surface area (Å²) in [4.78, 5) is 50.3. The number of carbonyl (C=O) groups excluding carboxylic acids is 3. The number of nitrogens with one attached hydrogen (secondary N) is 2. The summed E-state index contributed by atoms with van der Waals surface area (Å²) in [6.07, 6.45) is 0. The van der Waals surface area contributed by atoms with Crippen molar-refractivity contribution in [3.05, 3.63) is 99.6 Å². The lowest BCUT2D eigenvalue weighted by molar-refractivity contribution is -0.139. The molecule has 1 atom stereocenters. The molecule has 0 aromatic heterocycles. The zero-order chi connectivity index (χ0) is 26.4. The van der Waals surface area contributed by atoms with Crippen LogP contribution in [0.25, 0.3) is 0 Å². The Morgan fingerprint density at radius 1 is 0.944 bits per heavy atom. The summed E-state index contributed by atoms with van der Waals surface area (Å²) in [6, 6.07) is 15.6. The second kappa shape index (κ2) is 11.5. The molecule has 10 heteroatoms. The maximum atomic E-state index is 13.3. The van der Waals surface area contributed by atoms with Gasteiger partial charge in [-0.05, 0) is 61.9 Å². The number of hydrogen-bond acceptors (Lipinski definition) is 6. The van der Waals surface area contributed by atoms with Crippen LogP contribution in [0, 0.1) is 6.92 Å². The molecule has 0 bridgehead atoms. The van der Waals surface area contributed by atoms with Crippen molar-refractivity contribution in [2.45, 2.75) is 26.4 Å². The third-order valence-electron chi connectivity index (χ3n) is 5.19. The molecule has 3 amide bonds. The van der Waals surface area contributed by atoms with Crippen molar-refractivity contribution in [1.29, 1.82) is 0 Å². The number of carboxylic acids is 1. The fourth-order valence-electron chi connectivity index (χ4n) is 3.27. The Morgan fingerprint density at radius 3 is 2.31 bits per heavy atom. The Bertz CT molecular complexity index is 1330. The maximum absolute atomic E-state index is 13.3. The van der Waals surface area contributed by atoms with Crippen molar-refractivity contribution in [2.75, 3.05) is 0 Å². The fourth-order valence-corrected chi connectivity index (χ4v) is 3.53. The van der Waals surface area contributed by atoms with E-state index in [2.05, 4.69) is 10.7 Å². The number of aryl methyl sites for hydroxylation is 1. The van der Waals surface area contributed by atoms with Gasteiger partial charge in [-0.2, -0.15) is 0 Å². The Hall–Kier alpha value is -4.21. The third kappa shape index (κ3) is 6.47. The average Bonchev–Trinajstić information content (AvgIpc) is 2.84. The van der Waals surface area contributed by atoms with Gasteiger partial charge in [0.2, 0.25) is 0 Å². The first-order chi connectivity index (χ1) is 17.1. The van der Waals surface area contributed by atoms with Gasteiger partial charge in [0, 0.05) is 17.7 Å². The van der Waals surface area contributed by atoms with Crippen LogP contribution in [0.1, 0.15) is 49.1 Å². The quantitative estimate of drug-likeness (QED) is 0.269. The average molecular weight is 510 g/mol. The SMILES string of the molecule is Cc1cccc(C(=O)N(N[C@@H](C)C(=O)O)C(=O)c2ccc(C(=O)NCc3cccc(O)c3)cc2Cl)c1. The van der Waals surface area contributed by atoms with Gasteiger partial charge in [0.1, 0.15) is 11.8 Å². The first-order valence-corrected chi connectivity index (χ1v) is 11.2. The van der Waals surface area contributed by atoms with E-state index in [-0.39, 0.29) is 34.0 Å². The molecule has 9 nitrogen and oxygen atoms in total. The lowest BCUT2D eigenvalue weighted by Crippen LogP contribution is -2.53. The first kappa shape index (κ1) is 26.4. The van der Waals surface area contributed by atoms with Gasteiger partial charge in [0.15, 0.2) is 0 Å². The van der Waals surface area contributed by atoms with Crippen LogP contribution >= 0.6 is 11.6 Å². The van der Waals surface area contributed by atoms with Gasteiger partial charge in [-0.15, -0.1) is 0 Å². The number of imide groups is 1. The summed E-state index contributed by atoms with van der Waals surface area (Å²) < 4.78 is 0. The van der Waals surface area contributed by atoms with E-state index in [1.807, 2.05) is 0 Å². The molecule has 4 N–H and O–H groups in total. The Balaban J connectivity index is 1.83. The van der Waals surface area contributed by atoms with Crippen LogP contribution in [0.5, 0.6) is 5.75 Å². The Morgan fingerprint density at radius 2 is 1.67 bits per heavy atom. The summed E-state index contributed by atoms with van der Waals surface area (Å²) >= 11 is 6.31. The summed E-state index contributed by atoms with van der Waals surface area (Å²) in [5.41, 5.74) is 4.11. The number of aromatic hydroxyl groups is 1. The number of carbonyl (C=O) groups is 4. The van der Waals surface area contributed by atoms with Crippen LogP contribution in [0.15, 0.2) is 66.7 Å². The first-order valence-electron chi connectivity index (χ1n) is 10.9. The van der Waals surface area contributed by atoms with Gasteiger partial charge >= 0.3 is 5.97 Å². The monoisotopic (exact) mass is 509 g/mol. The number of aliphatic carboxylic acids is 1. The van der Waals surface area contributed by atoms with Gasteiger partial charge in [0.25, 0.3) is 17.7 Å². The lowest BCUT2D eigenvalue weighted by atomic mass is 10.1. The topological polar surface area (TPSA) is 136 Å². The molecule has 3 aromatic carbocycles. The van der Waals surface area contributed by atoms with Crippen LogP contribution in [-0.4, -0.2) is 45.0 Å². The number of hydrazine groups is 1. The van der Waals surface area contributed by atoms with Crippen molar-refractivity contribution >= 4 is 35.3 Å². The number of phenolic OH excluding ortho intramolecular Hbond substituents is 1. The minimum atomic E-state index is -1.27. The van der Waals surface area contributed by atoms with E-state index in [1.54, 1.807) is 37.3 Å². The van der Waals surface area contributed by atoms with E-state index in [9.17, 15) is 29.4 Å². The number of hydrogen-bond donors (Lipinski definition) is 4. The normalized spacial score (nSPS) is 11.4. The molecule has 0 fully saturated rings. The molecule has 0 aliphatic rings. The van der Waals surface area contributed by atoms with Gasteiger partial charge in [-0.1, -0.05) is 41.4 Å². The number of phenols is 1. The van der Waals surface area contributed by atoms with E-state index in [1.165, 1.54) is 43.3 Å². The molecule has 36 heavy (non-hydrogen) atoms. The molecule has 3 rings (SSSR count). The zero-order valence-corrected chi connectivity index (χ0v) is 20.2. The highest BCUT2D eigenvalue weighted by Crippen LogP contribution is 2.21. The standard InChI is InChI=1S/C26H24ClN3O6/c1-15-5-3-7-19(11-15)24(33)30(29-16(2)26(35)36)25(34)21-10-9-18(13-22(21)27)23(32)28-14-17-6-4-8-20(31)12-17/h3-13,16,29,31H,14H2,1-2H3,(H,28,32)(H,35,36)/t16-/m0/s1. The van der Waals surface area contributed by atoms with Gasteiger partial charge in [-0.3, -0.25) is 19.2 Å². The molecule has 0 unspecified atom stereocenters. The van der Waals surface area contributed by atoms with Crippen molar-refractivity contribution in [3.8, 4) is 5.75 Å². The van der Waals surface area contributed by atoms with E-state index in [0.29, 0.717) is 10.6 Å². The van der Waals surface area contributed by atoms with Crippen LogP contribution in [0.2, 0.25) is 5.02 Å². The predicted octanol–water partition coefficient (Wildman–Crippen LogP) is 3.54. The number of rotatable bonds is 8. The molecule has 3 aromatic rings. The highest BCUT2D eigenvalue weighted by molar-refractivity contribution is 6.34. The Kier molecular flexibility index (Phi) is 8.42. The second-order valence-electron chi connectivity index (χ2n) is 8.05. The number of amides is 3. The number of carboxylic acid groups (broad SMARTS) is 1. The van der Waals surface area contributed by atoms with Crippen molar-refractivity contribution in [3.63, 3.8) is 0 Å². The van der Waals surface area contributed by atoms with E-state index in [4.69, 9.17) is 11.6 Å². The highest BCUT2D eigenvalue weighted by Gasteiger charge is 2.29. The summed E-state index contributed by atoms with van der Waals surface area (Å²) in [5, 5.41) is 22.0. The lowest BCUT2D eigenvalue weighted by Gasteiger charge is -2.24. The number of benzene rings is 3. The van der Waals surface area contributed by atoms with Gasteiger partial charge in [0.05, 0.1) is 10.6 Å². The zero-order valence-electron chi connectivity index (χ0n) is 19.5. The van der Waals surface area contributed by atoms with E-state index in [0.717, 1.165) is 5.56 Å². The summed E-state index contributed by atoms with van der Waals surface area (Å²) in [7, 11) is 0. The predicted molar refractivity (Wildman–Crippen MR) is 133 cm³/mol. The largest absolute Gasteiger partial charge is 0.508 e. The molecule has 0 aliphatic heterocycles. The second-order valence-corrected chi connectivity index (χ2v) is 8.46. The Labute approximate surface area is 212 Å². The number of nitrogens with zero attached hydrogens (tertiary/aromatic N) is 1. The minimum Gasteiger partial charge on any atom is -0.508 e. The number of halogens is 1. The smallest absolute Gasteiger partial charge is 0.322 e. The minimum absolute atomic E-state index is 0.0725. The van der Waals surface area contributed by atoms with E-state index < -0.39 is 29.7 Å². The van der Waals surface area contributed by atoms with Crippen LogP contribution in [0.3, 0.4) is 0 Å². The van der Waals surface area contributed by atoms with E-state index >= 15 is 0 Å². The van der Waals surface area contributed by atoms with Crippen LogP contribution < -0.4 is 10.7 Å². The molecular weight excluding hydrogens is 486 g/mol. The molecular formula is C26H24ClN3O6. The van der Waals surface area contributed by atoms with Crippen LogP contribution in [-0.2, 0) is 11.3 Å². The fraction of sp³-hybridized carbons (Fsp3) is 0.154. The maximum Gasteiger partial charge on any atom is 0.322 e. The molecule has 0 heterocycles. The molecule has 0 aliphatic carbocycles. The molecule has 0 saturated carbocycles. The van der Waals surface area contributed by atoms with Crippen molar-refractivity contribution < 1.29 is 29.4 Å². The van der Waals surface area contributed by atoms with Crippen molar-refractivity contribution in [1.82, 2.24) is 15.8 Å². The molecule has 186 valence electrons. The van der Waals surface area contributed by atoms with Gasteiger partial charge in [-0.25, -0.2) is 10.4 Å². The molecule has 0 radical (unpaired) electrons. The van der Waals surface area contributed by atoms with Gasteiger partial charge < -0.3 is 15.5 Å². The highest BCUT2D eigenvalue weighted by atomic mass is 35.5.